The number of carbonyl (C=O) groups is 1. The predicted molar refractivity (Wildman–Crippen MR) is 405 cm³/mol. The van der Waals surface area contributed by atoms with E-state index in [2.05, 4.69) is 100 Å². The van der Waals surface area contributed by atoms with Gasteiger partial charge in [0, 0.05) is 33.9 Å². The summed E-state index contributed by atoms with van der Waals surface area (Å²) in [6.07, 6.45) is 33.0. The second-order valence-corrected chi connectivity index (χ2v) is 25.0. The van der Waals surface area contributed by atoms with Crippen molar-refractivity contribution >= 4 is 5.97 Å². The fraction of sp³-hybridized carbons (Fsp3) is 0.456. The number of rotatable bonds is 44. The van der Waals surface area contributed by atoms with Gasteiger partial charge in [-0.2, -0.15) is 0 Å². The third-order valence-electron chi connectivity index (χ3n) is 16.7. The number of benzene rings is 6. The molecule has 0 fully saturated rings. The van der Waals surface area contributed by atoms with E-state index in [4.69, 9.17) is 33.2 Å². The van der Waals surface area contributed by atoms with Gasteiger partial charge in [0.05, 0.1) is 74.1 Å². The number of hydrogen-bond donors (Lipinski definition) is 0. The summed E-state index contributed by atoms with van der Waals surface area (Å²) in [6, 6.07) is 40.0. The summed E-state index contributed by atoms with van der Waals surface area (Å²) in [4.78, 5) is 11.5. The number of esters is 1. The van der Waals surface area contributed by atoms with Crippen molar-refractivity contribution in [3.63, 3.8) is 0 Å². The molecule has 0 amide bonds. The van der Waals surface area contributed by atoms with Crippen LogP contribution in [0, 0.1) is 59.2 Å². The van der Waals surface area contributed by atoms with E-state index in [1.165, 1.54) is 70.3 Å². The minimum absolute atomic E-state index is 0.364. The smallest absolute Gasteiger partial charge is 0.330 e. The largest absolute Gasteiger partial charge is 0.494 e. The zero-order valence-electron chi connectivity index (χ0n) is 60.1. The zero-order chi connectivity index (χ0) is 69.1. The molecule has 6 aromatic rings. The van der Waals surface area contributed by atoms with Crippen molar-refractivity contribution in [3.05, 3.63) is 190 Å². The van der Waals surface area contributed by atoms with Gasteiger partial charge in [0.2, 0.25) is 0 Å². The number of unbranched alkanes of at least 4 members (excludes halogenated alkanes) is 23. The van der Waals surface area contributed by atoms with Crippen LogP contribution in [0.5, 0.6) is 34.5 Å². The normalized spacial score (nSPS) is 10.4. The Hall–Kier alpha value is -8.87. The van der Waals surface area contributed by atoms with Gasteiger partial charge in [-0.1, -0.05) is 242 Å². The molecule has 0 heterocycles. The maximum absolute atomic E-state index is 11.5. The molecule has 0 spiro atoms. The average molecular weight is 1320 g/mol. The van der Waals surface area contributed by atoms with Crippen molar-refractivity contribution < 1.29 is 38.0 Å². The molecule has 0 saturated heterocycles. The van der Waals surface area contributed by atoms with Gasteiger partial charge in [-0.15, -0.1) is 0 Å². The van der Waals surface area contributed by atoms with Gasteiger partial charge in [-0.25, -0.2) is 4.79 Å². The molecule has 0 aliphatic carbocycles. The molecule has 98 heavy (non-hydrogen) atoms. The second-order valence-electron chi connectivity index (χ2n) is 25.0. The first-order valence-corrected chi connectivity index (χ1v) is 37.2. The Bertz CT molecular complexity index is 3380. The second kappa shape index (κ2) is 49.6. The molecule has 518 valence electrons. The molecule has 0 saturated carbocycles. The van der Waals surface area contributed by atoms with E-state index in [-0.39, 0.29) is 5.97 Å². The van der Waals surface area contributed by atoms with Crippen LogP contribution in [-0.2, 0) is 9.53 Å². The summed E-state index contributed by atoms with van der Waals surface area (Å²) < 4.78 is 43.4. The summed E-state index contributed by atoms with van der Waals surface area (Å²) in [5, 5.41) is 0. The lowest BCUT2D eigenvalue weighted by molar-refractivity contribution is -0.137. The fourth-order valence-corrected chi connectivity index (χ4v) is 10.8. The van der Waals surface area contributed by atoms with E-state index >= 15 is 0 Å². The first kappa shape index (κ1) is 78.1. The van der Waals surface area contributed by atoms with Gasteiger partial charge in [0.15, 0.2) is 5.75 Å². The van der Waals surface area contributed by atoms with Gasteiger partial charge in [0.25, 0.3) is 0 Å². The Morgan fingerprint density at radius 2 is 0.469 bits per heavy atom. The minimum atomic E-state index is -0.364. The van der Waals surface area contributed by atoms with Crippen molar-refractivity contribution in [1.29, 1.82) is 0 Å². The Morgan fingerprint density at radius 1 is 0.265 bits per heavy atom. The predicted octanol–water partition coefficient (Wildman–Crippen LogP) is 22.1. The van der Waals surface area contributed by atoms with E-state index in [9.17, 15) is 4.79 Å². The van der Waals surface area contributed by atoms with Crippen molar-refractivity contribution in [2.75, 3.05) is 46.2 Å². The van der Waals surface area contributed by atoms with Crippen LogP contribution in [0.4, 0.5) is 0 Å². The van der Waals surface area contributed by atoms with Crippen LogP contribution in [0.1, 0.15) is 276 Å². The van der Waals surface area contributed by atoms with Crippen LogP contribution >= 0.6 is 0 Å². The third-order valence-corrected chi connectivity index (χ3v) is 16.7. The number of hydrogen-bond acceptors (Lipinski definition) is 8. The molecule has 6 aromatic carbocycles. The van der Waals surface area contributed by atoms with Crippen LogP contribution in [0.2, 0.25) is 0 Å². The molecule has 0 bridgehead atoms. The topological polar surface area (TPSA) is 81.7 Å². The Balaban J connectivity index is 1.56. The third kappa shape index (κ3) is 31.6. The standard InChI is InChI=1S/C90H110O8/c1-7-13-18-30-67-92-79-52-37-74(38-53-79)47-62-84-85(63-48-75-39-54-80(55-40-75)93-68-31-19-14-8-2)87(65-50-77-43-58-82(59-44-77)95-70-33-21-16-10-4)90(98-73-36-29-27-25-23-24-26-28-35-72-97-89(91)12-6)88(66-51-78-45-60-83(61-46-78)96-71-34-22-17-11-5)86(84)64-49-76-41-56-81(57-42-76)94-69-32-20-15-9-3/h12,37-46,52-61H,6-11,13-36,67-73H2,1-5H3. The summed E-state index contributed by atoms with van der Waals surface area (Å²) >= 11 is 0. The van der Waals surface area contributed by atoms with Crippen molar-refractivity contribution in [2.24, 2.45) is 0 Å². The Morgan fingerprint density at radius 3 is 0.714 bits per heavy atom. The molecule has 8 heteroatoms. The van der Waals surface area contributed by atoms with Crippen LogP contribution < -0.4 is 28.4 Å². The first-order chi connectivity index (χ1) is 48.3. The van der Waals surface area contributed by atoms with E-state index in [0.717, 1.165) is 179 Å². The highest BCUT2D eigenvalue weighted by Crippen LogP contribution is 2.35. The SMILES string of the molecule is C=CC(=O)OCCCCCCCCCCCOc1c(C#Cc2ccc(OCCCCCC)cc2)c(C#Cc2ccc(OCCCCCC)cc2)c(C#Cc2ccc(OCCCCCC)cc2)c(C#Cc2ccc(OCCCCCC)cc2)c1C#Cc1ccc(OCCCCCC)cc1. The Kier molecular flexibility index (Phi) is 39.6. The highest BCUT2D eigenvalue weighted by atomic mass is 16.5. The fourth-order valence-electron chi connectivity index (χ4n) is 10.8. The number of carbonyl (C=O) groups excluding carboxylic acids is 1. The van der Waals surface area contributed by atoms with Crippen molar-refractivity contribution in [3.8, 4) is 93.7 Å². The molecule has 6 rings (SSSR count). The summed E-state index contributed by atoms with van der Waals surface area (Å²) in [7, 11) is 0. The lowest BCUT2D eigenvalue weighted by Gasteiger charge is -2.17. The maximum Gasteiger partial charge on any atom is 0.330 e. The van der Waals surface area contributed by atoms with Crippen LogP contribution in [0.25, 0.3) is 0 Å². The number of ether oxygens (including phenoxy) is 7. The van der Waals surface area contributed by atoms with Crippen LogP contribution in [0.15, 0.2) is 134 Å². The summed E-state index contributed by atoms with van der Waals surface area (Å²) in [5.41, 5.74) is 6.86. The lowest BCUT2D eigenvalue weighted by Crippen LogP contribution is -2.08. The molecular weight excluding hydrogens is 1210 g/mol. The molecule has 0 atom stereocenters. The van der Waals surface area contributed by atoms with Gasteiger partial charge in [-0.3, -0.25) is 0 Å². The van der Waals surface area contributed by atoms with Gasteiger partial charge in [0.1, 0.15) is 28.7 Å². The highest BCUT2D eigenvalue weighted by molar-refractivity contribution is 5.81. The average Bonchev–Trinajstić information content (AvgIpc) is 0.765. The van der Waals surface area contributed by atoms with Gasteiger partial charge in [-0.05, 0) is 166 Å². The molecular formula is C90H110O8. The van der Waals surface area contributed by atoms with Crippen molar-refractivity contribution in [1.82, 2.24) is 0 Å². The molecule has 0 aromatic heterocycles. The molecule has 0 N–H and O–H groups in total. The molecule has 0 radical (unpaired) electrons. The zero-order valence-corrected chi connectivity index (χ0v) is 60.1. The lowest BCUT2D eigenvalue weighted by atomic mass is 9.89. The van der Waals surface area contributed by atoms with E-state index in [1.54, 1.807) is 0 Å². The highest BCUT2D eigenvalue weighted by Gasteiger charge is 2.23. The quantitative estimate of drug-likeness (QED) is 0.0162. The van der Waals surface area contributed by atoms with Crippen molar-refractivity contribution in [2.45, 2.75) is 221 Å². The maximum atomic E-state index is 11.5. The minimum Gasteiger partial charge on any atom is -0.494 e. The van der Waals surface area contributed by atoms with E-state index < -0.39 is 0 Å². The van der Waals surface area contributed by atoms with Gasteiger partial charge >= 0.3 is 5.97 Å². The molecule has 0 aliphatic heterocycles. The summed E-state index contributed by atoms with van der Waals surface area (Å²) in [5.74, 6) is 40.3. The molecule has 0 unspecified atom stereocenters. The Labute approximate surface area is 591 Å². The van der Waals surface area contributed by atoms with Crippen LogP contribution in [0.3, 0.4) is 0 Å². The van der Waals surface area contributed by atoms with Gasteiger partial charge < -0.3 is 33.2 Å². The van der Waals surface area contributed by atoms with Crippen LogP contribution in [-0.4, -0.2) is 52.2 Å². The van der Waals surface area contributed by atoms with E-state index in [1.807, 2.05) is 121 Å². The first-order valence-electron chi connectivity index (χ1n) is 37.2. The summed E-state index contributed by atoms with van der Waals surface area (Å²) in [6.45, 7) is 18.7. The van der Waals surface area contributed by atoms with E-state index in [0.29, 0.717) is 79.8 Å². The monoisotopic (exact) mass is 1320 g/mol. The molecule has 0 aliphatic rings. The molecule has 8 nitrogen and oxygen atoms in total.